The number of thioether (sulfide) groups is 1. The van der Waals surface area contributed by atoms with E-state index in [1.807, 2.05) is 13.2 Å². The van der Waals surface area contributed by atoms with Gasteiger partial charge in [0.05, 0.1) is 5.60 Å². The summed E-state index contributed by atoms with van der Waals surface area (Å²) in [7, 11) is 0. The normalized spacial score (nSPS) is 26.4. The van der Waals surface area contributed by atoms with Crippen LogP contribution in [0.3, 0.4) is 0 Å². The molecule has 0 aliphatic carbocycles. The first-order valence-corrected chi connectivity index (χ1v) is 6.69. The highest BCUT2D eigenvalue weighted by Gasteiger charge is 2.20. The van der Waals surface area contributed by atoms with Gasteiger partial charge in [-0.25, -0.2) is 0 Å². The van der Waals surface area contributed by atoms with Gasteiger partial charge in [0.2, 0.25) is 0 Å². The maximum Gasteiger partial charge on any atom is 0.0833 e. The van der Waals surface area contributed by atoms with E-state index < -0.39 is 5.60 Å². The van der Waals surface area contributed by atoms with Crippen molar-refractivity contribution in [3.63, 3.8) is 0 Å². The summed E-state index contributed by atoms with van der Waals surface area (Å²) >= 11 is 1.69. The van der Waals surface area contributed by atoms with Crippen LogP contribution in [0, 0.1) is 0 Å². The maximum atomic E-state index is 9.88. The molecule has 0 aromatic carbocycles. The Morgan fingerprint density at radius 3 is 3.00 bits per heavy atom. The highest BCUT2D eigenvalue weighted by Crippen LogP contribution is 2.09. The van der Waals surface area contributed by atoms with Gasteiger partial charge in [0.25, 0.3) is 0 Å². The summed E-state index contributed by atoms with van der Waals surface area (Å²) in [5, 5.41) is 16.6. The van der Waals surface area contributed by atoms with Crippen LogP contribution in [-0.2, 0) is 0 Å². The summed E-state index contributed by atoms with van der Waals surface area (Å²) in [6, 6.07) is 0.611. The van der Waals surface area contributed by atoms with E-state index in [9.17, 15) is 5.11 Å². The molecule has 1 rings (SSSR count). The topological polar surface area (TPSA) is 44.3 Å². The molecule has 14 heavy (non-hydrogen) atoms. The summed E-state index contributed by atoms with van der Waals surface area (Å²) < 4.78 is 0. The summed E-state index contributed by atoms with van der Waals surface area (Å²) in [4.78, 5) is 0. The Morgan fingerprint density at radius 2 is 2.43 bits per heavy atom. The monoisotopic (exact) mass is 218 g/mol. The largest absolute Gasteiger partial charge is 0.388 e. The summed E-state index contributed by atoms with van der Waals surface area (Å²) in [6.07, 6.45) is 4.57. The van der Waals surface area contributed by atoms with Gasteiger partial charge in [0.15, 0.2) is 0 Å². The van der Waals surface area contributed by atoms with Crippen LogP contribution in [0.2, 0.25) is 0 Å². The van der Waals surface area contributed by atoms with E-state index in [0.29, 0.717) is 12.6 Å². The Morgan fingerprint density at radius 1 is 1.64 bits per heavy atom. The number of nitrogens with one attached hydrogen (secondary N) is 2. The Hall–Kier alpha value is 0.230. The maximum absolute atomic E-state index is 9.88. The zero-order chi connectivity index (χ0) is 10.4. The molecule has 0 bridgehead atoms. The number of hydrogen-bond donors (Lipinski definition) is 3. The van der Waals surface area contributed by atoms with Gasteiger partial charge < -0.3 is 15.7 Å². The minimum absolute atomic E-state index is 0.571. The average Bonchev–Trinajstić information content (AvgIpc) is 2.56. The second-order valence-corrected chi connectivity index (χ2v) is 5.22. The zero-order valence-corrected chi connectivity index (χ0v) is 9.99. The van der Waals surface area contributed by atoms with Crippen molar-refractivity contribution in [2.24, 2.45) is 0 Å². The van der Waals surface area contributed by atoms with Gasteiger partial charge >= 0.3 is 0 Å². The molecule has 0 saturated carbocycles. The summed E-state index contributed by atoms with van der Waals surface area (Å²) in [6.45, 7) is 4.70. The molecule has 2 atom stereocenters. The number of hydrogen-bond acceptors (Lipinski definition) is 4. The summed E-state index contributed by atoms with van der Waals surface area (Å²) in [5.74, 6) is 0.790. The van der Waals surface area contributed by atoms with Crippen LogP contribution in [-0.4, -0.2) is 48.4 Å². The van der Waals surface area contributed by atoms with Crippen molar-refractivity contribution in [3.05, 3.63) is 0 Å². The van der Waals surface area contributed by atoms with E-state index in [0.717, 1.165) is 18.8 Å². The van der Waals surface area contributed by atoms with Crippen molar-refractivity contribution < 1.29 is 5.11 Å². The van der Waals surface area contributed by atoms with Gasteiger partial charge in [0.1, 0.15) is 0 Å². The van der Waals surface area contributed by atoms with Gasteiger partial charge in [0, 0.05) is 24.9 Å². The molecular weight excluding hydrogens is 196 g/mol. The smallest absolute Gasteiger partial charge is 0.0833 e. The van der Waals surface area contributed by atoms with Crippen molar-refractivity contribution >= 4 is 11.8 Å². The summed E-state index contributed by atoms with van der Waals surface area (Å²) in [5.41, 5.74) is -0.571. The second-order valence-electron chi connectivity index (χ2n) is 4.35. The number of rotatable bonds is 6. The minimum Gasteiger partial charge on any atom is -0.388 e. The fourth-order valence-corrected chi connectivity index (χ4v) is 2.53. The van der Waals surface area contributed by atoms with Crippen LogP contribution in [0.1, 0.15) is 19.8 Å². The van der Waals surface area contributed by atoms with Crippen LogP contribution in [0.5, 0.6) is 0 Å². The van der Waals surface area contributed by atoms with Crippen LogP contribution in [0.25, 0.3) is 0 Å². The lowest BCUT2D eigenvalue weighted by Gasteiger charge is -2.23. The highest BCUT2D eigenvalue weighted by atomic mass is 32.2. The second kappa shape index (κ2) is 5.95. The fraction of sp³-hybridized carbons (Fsp3) is 1.00. The molecule has 1 aliphatic rings. The quantitative estimate of drug-likeness (QED) is 0.605. The lowest BCUT2D eigenvalue weighted by atomic mass is 10.1. The first kappa shape index (κ1) is 12.3. The van der Waals surface area contributed by atoms with Crippen LogP contribution in [0.15, 0.2) is 0 Å². The first-order valence-electron chi connectivity index (χ1n) is 5.29. The van der Waals surface area contributed by atoms with E-state index in [1.165, 1.54) is 12.8 Å². The third kappa shape index (κ3) is 4.64. The van der Waals surface area contributed by atoms with Gasteiger partial charge in [-0.15, -0.1) is 0 Å². The molecule has 1 aliphatic heterocycles. The zero-order valence-electron chi connectivity index (χ0n) is 9.18. The van der Waals surface area contributed by atoms with E-state index in [2.05, 4.69) is 10.6 Å². The molecule has 1 fully saturated rings. The molecule has 2 unspecified atom stereocenters. The molecule has 0 radical (unpaired) electrons. The van der Waals surface area contributed by atoms with E-state index in [-0.39, 0.29) is 0 Å². The van der Waals surface area contributed by atoms with Crippen molar-refractivity contribution in [2.45, 2.75) is 31.4 Å². The first-order chi connectivity index (χ1) is 6.64. The molecule has 1 heterocycles. The van der Waals surface area contributed by atoms with Crippen molar-refractivity contribution in [1.82, 2.24) is 10.6 Å². The Kier molecular flexibility index (Phi) is 5.23. The molecule has 0 amide bonds. The van der Waals surface area contributed by atoms with Crippen LogP contribution < -0.4 is 10.6 Å². The Balaban J connectivity index is 2.07. The van der Waals surface area contributed by atoms with Crippen LogP contribution >= 0.6 is 11.8 Å². The average molecular weight is 218 g/mol. The highest BCUT2D eigenvalue weighted by molar-refractivity contribution is 7.98. The SMILES string of the molecule is CSCC(C)(O)CNCC1CCCN1. The van der Waals surface area contributed by atoms with Gasteiger partial charge in [-0.2, -0.15) is 11.8 Å². The molecule has 0 aromatic rings. The molecule has 3 N–H and O–H groups in total. The lowest BCUT2D eigenvalue weighted by molar-refractivity contribution is 0.0845. The van der Waals surface area contributed by atoms with Crippen molar-refractivity contribution in [1.29, 1.82) is 0 Å². The predicted octanol–water partition coefficient (Wildman–Crippen LogP) is 0.442. The predicted molar refractivity (Wildman–Crippen MR) is 62.9 cm³/mol. The third-order valence-corrected chi connectivity index (χ3v) is 3.42. The van der Waals surface area contributed by atoms with E-state index in [1.54, 1.807) is 11.8 Å². The third-order valence-electron chi connectivity index (χ3n) is 2.51. The minimum atomic E-state index is -0.571. The number of aliphatic hydroxyl groups is 1. The Bertz CT molecular complexity index is 158. The molecule has 1 saturated heterocycles. The fourth-order valence-electron chi connectivity index (χ4n) is 1.81. The van der Waals surface area contributed by atoms with E-state index >= 15 is 0 Å². The molecule has 4 heteroatoms. The molecule has 84 valence electrons. The van der Waals surface area contributed by atoms with E-state index in [4.69, 9.17) is 0 Å². The van der Waals surface area contributed by atoms with Gasteiger partial charge in [-0.05, 0) is 32.6 Å². The van der Waals surface area contributed by atoms with Crippen LogP contribution in [0.4, 0.5) is 0 Å². The molecule has 0 spiro atoms. The van der Waals surface area contributed by atoms with Crippen molar-refractivity contribution in [2.75, 3.05) is 31.6 Å². The van der Waals surface area contributed by atoms with Gasteiger partial charge in [-0.3, -0.25) is 0 Å². The van der Waals surface area contributed by atoms with Crippen molar-refractivity contribution in [3.8, 4) is 0 Å². The lowest BCUT2D eigenvalue weighted by Crippen LogP contribution is -2.44. The molecule has 3 nitrogen and oxygen atoms in total. The standard InChI is InChI=1S/C10H22N2OS/c1-10(13,8-14-2)7-11-6-9-4-3-5-12-9/h9,11-13H,3-8H2,1-2H3. The Labute approximate surface area is 91.0 Å². The molecular formula is C10H22N2OS. The van der Waals surface area contributed by atoms with Gasteiger partial charge in [-0.1, -0.05) is 0 Å². The molecule has 0 aromatic heterocycles.